The smallest absolute Gasteiger partial charge is 0.339 e. The molecule has 29 heavy (non-hydrogen) atoms. The molecule has 0 saturated carbocycles. The van der Waals surface area contributed by atoms with Gasteiger partial charge in [0.15, 0.2) is 16.6 Å². The quantitative estimate of drug-likeness (QED) is 0.299. The second-order valence-electron chi connectivity index (χ2n) is 6.71. The van der Waals surface area contributed by atoms with Gasteiger partial charge in [0.25, 0.3) is 0 Å². The molecule has 0 saturated heterocycles. The largest absolute Gasteiger partial charge is 0.493 e. The maximum Gasteiger partial charge on any atom is 0.339 e. The average Bonchev–Trinajstić information content (AvgIpc) is 2.63. The molecular weight excluding hydrogens is 410 g/mol. The Morgan fingerprint density at radius 1 is 1.14 bits per heavy atom. The molecule has 0 bridgehead atoms. The molecule has 2 aromatic rings. The molecule has 0 amide bonds. The van der Waals surface area contributed by atoms with Gasteiger partial charge < -0.3 is 14.2 Å². The van der Waals surface area contributed by atoms with Gasteiger partial charge >= 0.3 is 10.1 Å². The van der Waals surface area contributed by atoms with E-state index in [1.54, 1.807) is 37.4 Å². The topological polar surface area (TPSA) is 89.0 Å². The van der Waals surface area contributed by atoms with Crippen molar-refractivity contribution in [2.45, 2.75) is 38.6 Å². The molecular formula is C20H25N3O4S2. The SMILES string of the molecule is COc1cc(/C=N/NC(=S)NC(C)C)ccc1OS(=O)(=O)c1cc(C)ccc1C. The molecule has 2 rings (SSSR count). The summed E-state index contributed by atoms with van der Waals surface area (Å²) < 4.78 is 36.1. The highest BCUT2D eigenvalue weighted by atomic mass is 32.2. The molecule has 156 valence electrons. The molecule has 0 aromatic heterocycles. The van der Waals surface area contributed by atoms with Crippen LogP contribution < -0.4 is 19.7 Å². The van der Waals surface area contributed by atoms with Crippen LogP contribution in [-0.2, 0) is 10.1 Å². The highest BCUT2D eigenvalue weighted by Crippen LogP contribution is 2.31. The molecule has 0 heterocycles. The second-order valence-corrected chi connectivity index (χ2v) is 8.64. The number of ether oxygens (including phenoxy) is 1. The Hall–Kier alpha value is -2.65. The zero-order valence-corrected chi connectivity index (χ0v) is 18.6. The van der Waals surface area contributed by atoms with Crippen molar-refractivity contribution in [3.05, 3.63) is 53.1 Å². The van der Waals surface area contributed by atoms with Crippen LogP contribution >= 0.6 is 12.2 Å². The van der Waals surface area contributed by atoms with E-state index in [9.17, 15) is 8.42 Å². The van der Waals surface area contributed by atoms with Gasteiger partial charge in [-0.3, -0.25) is 5.43 Å². The van der Waals surface area contributed by atoms with E-state index < -0.39 is 10.1 Å². The summed E-state index contributed by atoms with van der Waals surface area (Å²) in [6.07, 6.45) is 1.54. The Kier molecular flexibility index (Phi) is 7.58. The zero-order chi connectivity index (χ0) is 21.6. The van der Waals surface area contributed by atoms with Gasteiger partial charge in [-0.25, -0.2) is 0 Å². The van der Waals surface area contributed by atoms with E-state index in [4.69, 9.17) is 21.1 Å². The van der Waals surface area contributed by atoms with Gasteiger partial charge in [0, 0.05) is 6.04 Å². The van der Waals surface area contributed by atoms with Crippen LogP contribution in [-0.4, -0.2) is 32.9 Å². The Labute approximate surface area is 177 Å². The van der Waals surface area contributed by atoms with Gasteiger partial charge in [-0.15, -0.1) is 0 Å². The predicted molar refractivity (Wildman–Crippen MR) is 118 cm³/mol. The van der Waals surface area contributed by atoms with Crippen molar-refractivity contribution in [1.82, 2.24) is 10.7 Å². The third-order valence-electron chi connectivity index (χ3n) is 3.80. The fourth-order valence-electron chi connectivity index (χ4n) is 2.43. The molecule has 2 aromatic carbocycles. The van der Waals surface area contributed by atoms with Crippen molar-refractivity contribution >= 4 is 33.7 Å². The molecule has 2 N–H and O–H groups in total. The van der Waals surface area contributed by atoms with E-state index in [2.05, 4.69) is 15.8 Å². The molecule has 0 fully saturated rings. The number of thiocarbonyl (C=S) groups is 1. The van der Waals surface area contributed by atoms with Crippen molar-refractivity contribution in [2.24, 2.45) is 5.10 Å². The minimum absolute atomic E-state index is 0.0931. The van der Waals surface area contributed by atoms with Crippen LogP contribution in [0.4, 0.5) is 0 Å². The molecule has 0 aliphatic carbocycles. The van der Waals surface area contributed by atoms with Gasteiger partial charge in [-0.05, 0) is 80.9 Å². The molecule has 0 aliphatic heterocycles. The Morgan fingerprint density at radius 2 is 1.86 bits per heavy atom. The van der Waals surface area contributed by atoms with Crippen LogP contribution in [0.15, 0.2) is 46.4 Å². The standard InChI is InChI=1S/C20H25N3O4S2/c1-13(2)22-20(28)23-21-12-16-8-9-17(18(11-16)26-5)27-29(24,25)19-10-14(3)6-7-15(19)4/h6-13H,1-5H3,(H2,22,23,28)/b21-12+. The number of rotatable bonds is 7. The number of nitrogens with one attached hydrogen (secondary N) is 2. The van der Waals surface area contributed by atoms with Crippen LogP contribution in [0, 0.1) is 13.8 Å². The summed E-state index contributed by atoms with van der Waals surface area (Å²) in [5.74, 6) is 0.362. The molecule has 9 heteroatoms. The number of nitrogens with zero attached hydrogens (tertiary/aromatic N) is 1. The van der Waals surface area contributed by atoms with Crippen molar-refractivity contribution in [2.75, 3.05) is 7.11 Å². The Balaban J connectivity index is 2.20. The number of hydrazone groups is 1. The van der Waals surface area contributed by atoms with Crippen molar-refractivity contribution in [3.8, 4) is 11.5 Å². The third-order valence-corrected chi connectivity index (χ3v) is 5.39. The van der Waals surface area contributed by atoms with Gasteiger partial charge in [0.05, 0.1) is 13.3 Å². The molecule has 0 spiro atoms. The first-order valence-corrected chi connectivity index (χ1v) is 10.7. The summed E-state index contributed by atoms with van der Waals surface area (Å²) >= 11 is 5.09. The van der Waals surface area contributed by atoms with Gasteiger partial charge in [-0.1, -0.05) is 12.1 Å². The highest BCUT2D eigenvalue weighted by molar-refractivity contribution is 7.87. The number of hydrogen-bond acceptors (Lipinski definition) is 6. The molecule has 0 unspecified atom stereocenters. The summed E-state index contributed by atoms with van der Waals surface area (Å²) in [5.41, 5.74) is 4.82. The number of methoxy groups -OCH3 is 1. The van der Waals surface area contributed by atoms with Gasteiger partial charge in [0.1, 0.15) is 4.90 Å². The molecule has 0 aliphatic rings. The van der Waals surface area contributed by atoms with Crippen molar-refractivity contribution in [1.29, 1.82) is 0 Å². The van der Waals surface area contributed by atoms with E-state index in [1.165, 1.54) is 13.2 Å². The maximum atomic E-state index is 12.7. The van der Waals surface area contributed by atoms with Crippen LogP contribution in [0.5, 0.6) is 11.5 Å². The Morgan fingerprint density at radius 3 is 2.52 bits per heavy atom. The summed E-state index contributed by atoms with van der Waals surface area (Å²) in [6.45, 7) is 7.47. The summed E-state index contributed by atoms with van der Waals surface area (Å²) in [4.78, 5) is 0.126. The monoisotopic (exact) mass is 435 g/mol. The van der Waals surface area contributed by atoms with E-state index in [0.29, 0.717) is 16.2 Å². The van der Waals surface area contributed by atoms with E-state index in [-0.39, 0.29) is 22.4 Å². The van der Waals surface area contributed by atoms with E-state index in [1.807, 2.05) is 26.8 Å². The highest BCUT2D eigenvalue weighted by Gasteiger charge is 2.21. The fourth-order valence-corrected chi connectivity index (χ4v) is 3.98. The lowest BCUT2D eigenvalue weighted by Gasteiger charge is -2.13. The minimum Gasteiger partial charge on any atom is -0.493 e. The second kappa shape index (κ2) is 9.71. The minimum atomic E-state index is -4.00. The summed E-state index contributed by atoms with van der Waals surface area (Å²) in [5, 5.41) is 7.46. The number of aryl methyl sites for hydroxylation is 2. The van der Waals surface area contributed by atoms with Gasteiger partial charge in [0.2, 0.25) is 0 Å². The zero-order valence-electron chi connectivity index (χ0n) is 17.0. The normalized spacial score (nSPS) is 11.5. The third kappa shape index (κ3) is 6.43. The van der Waals surface area contributed by atoms with E-state index >= 15 is 0 Å². The number of hydrogen-bond donors (Lipinski definition) is 2. The fraction of sp³-hybridized carbons (Fsp3) is 0.300. The summed E-state index contributed by atoms with van der Waals surface area (Å²) in [6, 6.07) is 10.2. The van der Waals surface area contributed by atoms with Crippen molar-refractivity contribution in [3.63, 3.8) is 0 Å². The predicted octanol–water partition coefficient (Wildman–Crippen LogP) is 3.29. The molecule has 7 nitrogen and oxygen atoms in total. The van der Waals surface area contributed by atoms with Crippen LogP contribution in [0.25, 0.3) is 0 Å². The average molecular weight is 436 g/mol. The lowest BCUT2D eigenvalue weighted by Crippen LogP contribution is -2.36. The first kappa shape index (κ1) is 22.6. The Bertz CT molecular complexity index is 1020. The number of benzene rings is 2. The maximum absolute atomic E-state index is 12.7. The first-order valence-electron chi connectivity index (χ1n) is 8.91. The summed E-state index contributed by atoms with van der Waals surface area (Å²) in [7, 11) is -2.56. The molecule has 0 atom stereocenters. The van der Waals surface area contributed by atoms with Gasteiger partial charge in [-0.2, -0.15) is 13.5 Å². The first-order chi connectivity index (χ1) is 13.6. The van der Waals surface area contributed by atoms with Crippen molar-refractivity contribution < 1.29 is 17.3 Å². The lowest BCUT2D eigenvalue weighted by molar-refractivity contribution is 0.390. The van der Waals surface area contributed by atoms with E-state index in [0.717, 1.165) is 5.56 Å². The van der Waals surface area contributed by atoms with Crippen LogP contribution in [0.2, 0.25) is 0 Å². The molecule has 0 radical (unpaired) electrons. The lowest BCUT2D eigenvalue weighted by atomic mass is 10.2. The van der Waals surface area contributed by atoms with Crippen LogP contribution in [0.3, 0.4) is 0 Å². The van der Waals surface area contributed by atoms with Crippen LogP contribution in [0.1, 0.15) is 30.5 Å².